The summed E-state index contributed by atoms with van der Waals surface area (Å²) in [5.41, 5.74) is 1.77. The van der Waals surface area contributed by atoms with Gasteiger partial charge in [-0.1, -0.05) is 29.8 Å². The number of hydrogen-bond donors (Lipinski definition) is 1. The van der Waals surface area contributed by atoms with Gasteiger partial charge in [0.2, 0.25) is 0 Å². The van der Waals surface area contributed by atoms with Gasteiger partial charge in [-0.05, 0) is 48.7 Å². The van der Waals surface area contributed by atoms with Crippen LogP contribution in [0.15, 0.2) is 41.0 Å². The predicted octanol–water partition coefficient (Wildman–Crippen LogP) is 4.81. The molecule has 4 heteroatoms. The summed E-state index contributed by atoms with van der Waals surface area (Å²) >= 11 is 3.48. The molecule has 1 aromatic carbocycles. The van der Waals surface area contributed by atoms with Gasteiger partial charge < -0.3 is 9.84 Å². The van der Waals surface area contributed by atoms with Crippen molar-refractivity contribution in [2.45, 2.75) is 32.8 Å². The van der Waals surface area contributed by atoms with E-state index in [1.165, 1.54) is 0 Å². The lowest BCUT2D eigenvalue weighted by Gasteiger charge is -2.14. The molecule has 1 N–H and O–H groups in total. The molecule has 0 unspecified atom stereocenters. The fraction of sp³-hybridized carbons (Fsp3) is 0.312. The zero-order valence-electron chi connectivity index (χ0n) is 11.8. The summed E-state index contributed by atoms with van der Waals surface area (Å²) < 4.78 is 6.93. The van der Waals surface area contributed by atoms with Crippen molar-refractivity contribution >= 4 is 15.9 Å². The smallest absolute Gasteiger partial charge is 0.145 e. The van der Waals surface area contributed by atoms with E-state index < -0.39 is 6.10 Å². The van der Waals surface area contributed by atoms with E-state index in [4.69, 9.17) is 4.74 Å². The van der Waals surface area contributed by atoms with Crippen molar-refractivity contribution in [3.8, 4) is 11.5 Å². The van der Waals surface area contributed by atoms with Gasteiger partial charge in [0.1, 0.15) is 11.5 Å². The van der Waals surface area contributed by atoms with E-state index in [2.05, 4.69) is 40.8 Å². The minimum atomic E-state index is -0.567. The molecule has 20 heavy (non-hydrogen) atoms. The Balaban J connectivity index is 2.25. The highest BCUT2D eigenvalue weighted by Gasteiger charge is 2.10. The fourth-order valence-corrected chi connectivity index (χ4v) is 2.27. The molecule has 0 aliphatic rings. The van der Waals surface area contributed by atoms with Crippen LogP contribution < -0.4 is 4.74 Å². The van der Waals surface area contributed by atoms with E-state index >= 15 is 0 Å². The molecule has 0 fully saturated rings. The van der Waals surface area contributed by atoms with E-state index in [-0.39, 0.29) is 0 Å². The molecule has 0 aliphatic heterocycles. The van der Waals surface area contributed by atoms with Crippen LogP contribution in [-0.4, -0.2) is 10.1 Å². The molecule has 2 aromatic rings. The molecule has 1 heterocycles. The fourth-order valence-electron chi connectivity index (χ4n) is 1.89. The second kappa shape index (κ2) is 6.37. The highest BCUT2D eigenvalue weighted by Crippen LogP contribution is 2.32. The van der Waals surface area contributed by atoms with Crippen LogP contribution in [0.1, 0.15) is 44.1 Å². The van der Waals surface area contributed by atoms with Gasteiger partial charge in [-0.25, -0.2) is 0 Å². The molecule has 0 saturated carbocycles. The van der Waals surface area contributed by atoms with Gasteiger partial charge in [-0.3, -0.25) is 4.98 Å². The van der Waals surface area contributed by atoms with Crippen molar-refractivity contribution in [1.82, 2.24) is 4.98 Å². The average molecular weight is 336 g/mol. The van der Waals surface area contributed by atoms with Gasteiger partial charge in [-0.15, -0.1) is 0 Å². The lowest BCUT2D eigenvalue weighted by atomic mass is 10.0. The third-order valence-corrected chi connectivity index (χ3v) is 3.50. The van der Waals surface area contributed by atoms with Gasteiger partial charge in [-0.2, -0.15) is 0 Å². The molecule has 0 saturated heterocycles. The summed E-state index contributed by atoms with van der Waals surface area (Å²) in [7, 11) is 0. The van der Waals surface area contributed by atoms with Crippen LogP contribution in [0, 0.1) is 0 Å². The van der Waals surface area contributed by atoms with Crippen molar-refractivity contribution in [1.29, 1.82) is 0 Å². The molecule has 1 aromatic heterocycles. The van der Waals surface area contributed by atoms with Crippen LogP contribution in [0.25, 0.3) is 0 Å². The Morgan fingerprint density at radius 2 is 1.90 bits per heavy atom. The van der Waals surface area contributed by atoms with E-state index in [1.54, 1.807) is 19.2 Å². The Hall–Kier alpha value is -1.39. The second-order valence-corrected chi connectivity index (χ2v) is 5.95. The molecular weight excluding hydrogens is 318 g/mol. The first-order valence-electron chi connectivity index (χ1n) is 6.58. The maximum absolute atomic E-state index is 9.44. The molecular formula is C16H18BrNO2. The quantitative estimate of drug-likeness (QED) is 0.871. The van der Waals surface area contributed by atoms with Crippen LogP contribution in [0.5, 0.6) is 11.5 Å². The summed E-state index contributed by atoms with van der Waals surface area (Å²) in [4.78, 5) is 4.18. The Bertz CT molecular complexity index is 580. The summed E-state index contributed by atoms with van der Waals surface area (Å²) in [6, 6.07) is 9.56. The number of rotatable bonds is 4. The van der Waals surface area contributed by atoms with E-state index in [0.717, 1.165) is 15.8 Å². The van der Waals surface area contributed by atoms with E-state index in [9.17, 15) is 5.11 Å². The zero-order chi connectivity index (χ0) is 14.7. The number of pyridine rings is 1. The van der Waals surface area contributed by atoms with Crippen LogP contribution in [-0.2, 0) is 0 Å². The number of benzene rings is 1. The number of ether oxygens (including phenoxy) is 1. The third-order valence-electron chi connectivity index (χ3n) is 3.01. The molecule has 0 spiro atoms. The molecule has 3 nitrogen and oxygen atoms in total. The van der Waals surface area contributed by atoms with Crippen molar-refractivity contribution in [3.63, 3.8) is 0 Å². The number of hydrogen-bond acceptors (Lipinski definition) is 3. The summed E-state index contributed by atoms with van der Waals surface area (Å²) in [5, 5.41) is 9.44. The predicted molar refractivity (Wildman–Crippen MR) is 83.2 cm³/mol. The highest BCUT2D eigenvalue weighted by atomic mass is 79.9. The number of aromatic nitrogens is 1. The number of aliphatic hydroxyl groups excluding tert-OH is 1. The van der Waals surface area contributed by atoms with Gasteiger partial charge in [0, 0.05) is 4.47 Å². The second-order valence-electron chi connectivity index (χ2n) is 5.03. The Morgan fingerprint density at radius 3 is 2.45 bits per heavy atom. The van der Waals surface area contributed by atoms with E-state index in [0.29, 0.717) is 17.4 Å². The first-order chi connectivity index (χ1) is 9.47. The third kappa shape index (κ3) is 3.58. The maximum atomic E-state index is 9.44. The van der Waals surface area contributed by atoms with Gasteiger partial charge >= 0.3 is 0 Å². The van der Waals surface area contributed by atoms with Crippen molar-refractivity contribution in [2.75, 3.05) is 0 Å². The summed E-state index contributed by atoms with van der Waals surface area (Å²) in [6.07, 6.45) is 1.07. The standard InChI is InChI=1S/C16H18BrNO2/c1-10(2)14-8-12(17)4-7-16(14)20-13-5-6-15(11(3)19)18-9-13/h4-11,19H,1-3H3/t11-/m0/s1. The lowest BCUT2D eigenvalue weighted by molar-refractivity contribution is 0.194. The number of aliphatic hydroxyl groups is 1. The molecule has 0 radical (unpaired) electrons. The number of halogens is 1. The molecule has 2 rings (SSSR count). The van der Waals surface area contributed by atoms with E-state index in [1.807, 2.05) is 18.2 Å². The molecule has 0 bridgehead atoms. The highest BCUT2D eigenvalue weighted by molar-refractivity contribution is 9.10. The van der Waals surface area contributed by atoms with Gasteiger partial charge in [0.05, 0.1) is 18.0 Å². The van der Waals surface area contributed by atoms with Crippen molar-refractivity contribution in [2.24, 2.45) is 0 Å². The van der Waals surface area contributed by atoms with Crippen LogP contribution in [0.2, 0.25) is 0 Å². The topological polar surface area (TPSA) is 42.4 Å². The lowest BCUT2D eigenvalue weighted by Crippen LogP contribution is -1.97. The molecule has 0 aliphatic carbocycles. The molecule has 106 valence electrons. The van der Waals surface area contributed by atoms with Gasteiger partial charge in [0.15, 0.2) is 0 Å². The normalized spacial score (nSPS) is 12.5. The summed E-state index contributed by atoms with van der Waals surface area (Å²) in [6.45, 7) is 5.95. The Labute approximate surface area is 127 Å². The average Bonchev–Trinajstić information content (AvgIpc) is 2.41. The van der Waals surface area contributed by atoms with Crippen LogP contribution in [0.3, 0.4) is 0 Å². The van der Waals surface area contributed by atoms with Gasteiger partial charge in [0.25, 0.3) is 0 Å². The monoisotopic (exact) mass is 335 g/mol. The van der Waals surface area contributed by atoms with Crippen LogP contribution in [0.4, 0.5) is 0 Å². The first kappa shape index (κ1) is 15.0. The van der Waals surface area contributed by atoms with Crippen molar-refractivity contribution < 1.29 is 9.84 Å². The largest absolute Gasteiger partial charge is 0.455 e. The van der Waals surface area contributed by atoms with Crippen LogP contribution >= 0.6 is 15.9 Å². The maximum Gasteiger partial charge on any atom is 0.145 e. The first-order valence-corrected chi connectivity index (χ1v) is 7.38. The number of nitrogens with zero attached hydrogens (tertiary/aromatic N) is 1. The minimum absolute atomic E-state index is 0.368. The summed E-state index contributed by atoms with van der Waals surface area (Å²) in [5.74, 6) is 1.86. The Kier molecular flexibility index (Phi) is 4.78. The minimum Gasteiger partial charge on any atom is -0.455 e. The molecule has 0 amide bonds. The SMILES string of the molecule is CC(C)c1cc(Br)ccc1Oc1ccc([C@H](C)O)nc1. The Morgan fingerprint density at radius 1 is 1.15 bits per heavy atom. The van der Waals surface area contributed by atoms with Crippen molar-refractivity contribution in [3.05, 3.63) is 52.3 Å². The zero-order valence-corrected chi connectivity index (χ0v) is 13.4. The molecule has 1 atom stereocenters.